The summed E-state index contributed by atoms with van der Waals surface area (Å²) in [7, 11) is 0. The number of benzene rings is 2. The van der Waals surface area contributed by atoms with Crippen LogP contribution in [0.2, 0.25) is 0 Å². The Kier molecular flexibility index (Phi) is 3.59. The summed E-state index contributed by atoms with van der Waals surface area (Å²) in [6, 6.07) is 11.6. The van der Waals surface area contributed by atoms with Crippen LogP contribution in [0.5, 0.6) is 0 Å². The first-order chi connectivity index (χ1) is 11.7. The first-order valence-corrected chi connectivity index (χ1v) is 8.11. The molecule has 3 nitrogen and oxygen atoms in total. The molecule has 4 rings (SSSR count). The molecule has 3 heteroatoms. The van der Waals surface area contributed by atoms with Crippen molar-refractivity contribution in [2.45, 2.75) is 25.7 Å². The van der Waals surface area contributed by atoms with E-state index in [0.717, 1.165) is 34.9 Å². The third-order valence-electron chi connectivity index (χ3n) is 4.53. The van der Waals surface area contributed by atoms with Crippen molar-refractivity contribution in [3.8, 4) is 12.3 Å². The monoisotopic (exact) mass is 315 g/mol. The summed E-state index contributed by atoms with van der Waals surface area (Å²) in [5, 5.41) is 3.94. The molecular weight excluding hydrogens is 298 g/mol. The molecule has 0 saturated carbocycles. The highest BCUT2D eigenvalue weighted by atomic mass is 16.3. The SMILES string of the molecule is C#Cc1cccc(NC(=O)Cc2coc3cc4c(cc23)CCC4)c1. The quantitative estimate of drug-likeness (QED) is 0.740. The number of hydrogen-bond donors (Lipinski definition) is 1. The highest BCUT2D eigenvalue weighted by Gasteiger charge is 2.16. The topological polar surface area (TPSA) is 42.2 Å². The minimum absolute atomic E-state index is 0.0765. The molecule has 24 heavy (non-hydrogen) atoms. The van der Waals surface area contributed by atoms with Crippen molar-refractivity contribution in [3.63, 3.8) is 0 Å². The Labute approximate surface area is 140 Å². The zero-order valence-corrected chi connectivity index (χ0v) is 13.3. The number of rotatable bonds is 3. The highest BCUT2D eigenvalue weighted by Crippen LogP contribution is 2.30. The van der Waals surface area contributed by atoms with Crippen molar-refractivity contribution in [1.82, 2.24) is 0 Å². The molecule has 1 N–H and O–H groups in total. The maximum absolute atomic E-state index is 12.4. The second-order valence-electron chi connectivity index (χ2n) is 6.18. The lowest BCUT2D eigenvalue weighted by atomic mass is 10.0. The Morgan fingerprint density at radius 3 is 2.88 bits per heavy atom. The van der Waals surface area contributed by atoms with Gasteiger partial charge in [-0.15, -0.1) is 6.42 Å². The standard InChI is InChI=1S/C21H17NO2/c1-2-14-5-3-8-18(9-14)22-21(23)12-17-13-24-20-11-16-7-4-6-15(16)10-19(17)20/h1,3,5,8-11,13H,4,6-7,12H2,(H,22,23). The minimum atomic E-state index is -0.0765. The third kappa shape index (κ3) is 2.68. The van der Waals surface area contributed by atoms with E-state index in [-0.39, 0.29) is 12.3 Å². The van der Waals surface area contributed by atoms with E-state index in [1.807, 2.05) is 18.2 Å². The summed E-state index contributed by atoms with van der Waals surface area (Å²) in [6.07, 6.45) is 10.8. The number of hydrogen-bond acceptors (Lipinski definition) is 2. The highest BCUT2D eigenvalue weighted by molar-refractivity contribution is 5.95. The van der Waals surface area contributed by atoms with Crippen LogP contribution in [0, 0.1) is 12.3 Å². The number of terminal acetylenes is 1. The fourth-order valence-corrected chi connectivity index (χ4v) is 3.35. The Morgan fingerprint density at radius 2 is 2.04 bits per heavy atom. The normalized spacial score (nSPS) is 12.8. The fourth-order valence-electron chi connectivity index (χ4n) is 3.35. The summed E-state index contributed by atoms with van der Waals surface area (Å²) >= 11 is 0. The van der Waals surface area contributed by atoms with E-state index in [1.54, 1.807) is 12.3 Å². The fraction of sp³-hybridized carbons (Fsp3) is 0.190. The molecular formula is C21H17NO2. The smallest absolute Gasteiger partial charge is 0.228 e. The molecule has 3 aromatic rings. The average molecular weight is 315 g/mol. The molecule has 1 heterocycles. The van der Waals surface area contributed by atoms with Crippen molar-refractivity contribution in [2.75, 3.05) is 5.32 Å². The molecule has 118 valence electrons. The summed E-state index contributed by atoms with van der Waals surface area (Å²) < 4.78 is 5.66. The van der Waals surface area contributed by atoms with Crippen LogP contribution in [0.25, 0.3) is 11.0 Å². The van der Waals surface area contributed by atoms with Gasteiger partial charge in [-0.1, -0.05) is 12.0 Å². The average Bonchev–Trinajstić information content (AvgIpc) is 3.19. The third-order valence-corrected chi connectivity index (χ3v) is 4.53. The van der Waals surface area contributed by atoms with Gasteiger partial charge in [-0.25, -0.2) is 0 Å². The first-order valence-electron chi connectivity index (χ1n) is 8.11. The molecule has 0 bridgehead atoms. The van der Waals surface area contributed by atoms with Crippen molar-refractivity contribution >= 4 is 22.6 Å². The van der Waals surface area contributed by atoms with Gasteiger partial charge in [-0.3, -0.25) is 4.79 Å². The van der Waals surface area contributed by atoms with Crippen LogP contribution in [0.15, 0.2) is 47.1 Å². The van der Waals surface area contributed by atoms with E-state index >= 15 is 0 Å². The van der Waals surface area contributed by atoms with E-state index in [2.05, 4.69) is 23.4 Å². The summed E-state index contributed by atoms with van der Waals surface area (Å²) in [4.78, 5) is 12.4. The molecule has 0 saturated heterocycles. The van der Waals surface area contributed by atoms with Crippen molar-refractivity contribution in [1.29, 1.82) is 0 Å². The van der Waals surface area contributed by atoms with Gasteiger partial charge in [0, 0.05) is 22.2 Å². The van der Waals surface area contributed by atoms with Gasteiger partial charge in [0.15, 0.2) is 0 Å². The van der Waals surface area contributed by atoms with E-state index in [1.165, 1.54) is 17.5 Å². The lowest BCUT2D eigenvalue weighted by molar-refractivity contribution is -0.115. The van der Waals surface area contributed by atoms with E-state index in [0.29, 0.717) is 5.69 Å². The lowest BCUT2D eigenvalue weighted by Gasteiger charge is -2.05. The second-order valence-corrected chi connectivity index (χ2v) is 6.18. The van der Waals surface area contributed by atoms with E-state index in [9.17, 15) is 4.79 Å². The molecule has 0 aliphatic heterocycles. The molecule has 0 unspecified atom stereocenters. The second kappa shape index (κ2) is 5.90. The Bertz CT molecular complexity index is 975. The Morgan fingerprint density at radius 1 is 1.21 bits per heavy atom. The number of nitrogens with one attached hydrogen (secondary N) is 1. The van der Waals surface area contributed by atoms with Crippen LogP contribution >= 0.6 is 0 Å². The van der Waals surface area contributed by atoms with E-state index < -0.39 is 0 Å². The maximum Gasteiger partial charge on any atom is 0.228 e. The van der Waals surface area contributed by atoms with Crippen molar-refractivity contribution in [2.24, 2.45) is 0 Å². The predicted octanol–water partition coefficient (Wildman–Crippen LogP) is 4.08. The van der Waals surface area contributed by atoms with Gasteiger partial charge in [-0.05, 0) is 60.7 Å². The zero-order valence-electron chi connectivity index (χ0n) is 13.3. The molecule has 0 atom stereocenters. The number of carbonyl (C=O) groups is 1. The number of carbonyl (C=O) groups excluding carboxylic acids is 1. The molecule has 2 aromatic carbocycles. The van der Waals surface area contributed by atoms with Crippen molar-refractivity contribution in [3.05, 3.63) is 64.9 Å². The van der Waals surface area contributed by atoms with Crippen LogP contribution in [0.4, 0.5) is 5.69 Å². The molecule has 0 radical (unpaired) electrons. The number of fused-ring (bicyclic) bond motifs is 2. The van der Waals surface area contributed by atoms with Gasteiger partial charge in [-0.2, -0.15) is 0 Å². The summed E-state index contributed by atoms with van der Waals surface area (Å²) in [5.41, 5.74) is 6.01. The maximum atomic E-state index is 12.4. The molecule has 0 fully saturated rings. The number of furan rings is 1. The molecule has 1 aliphatic carbocycles. The molecule has 0 spiro atoms. The van der Waals surface area contributed by atoms with Gasteiger partial charge >= 0.3 is 0 Å². The van der Waals surface area contributed by atoms with Gasteiger partial charge in [0.25, 0.3) is 0 Å². The molecule has 1 aromatic heterocycles. The van der Waals surface area contributed by atoms with Crippen LogP contribution in [0.1, 0.15) is 28.7 Å². The molecule has 1 aliphatic rings. The van der Waals surface area contributed by atoms with Gasteiger partial charge in [0.2, 0.25) is 5.91 Å². The lowest BCUT2D eigenvalue weighted by Crippen LogP contribution is -2.14. The molecule has 1 amide bonds. The first kappa shape index (κ1) is 14.6. The van der Waals surface area contributed by atoms with Crippen LogP contribution < -0.4 is 5.32 Å². The number of amides is 1. The Balaban J connectivity index is 1.55. The van der Waals surface area contributed by atoms with Gasteiger partial charge in [0.1, 0.15) is 5.58 Å². The van der Waals surface area contributed by atoms with Crippen molar-refractivity contribution < 1.29 is 9.21 Å². The van der Waals surface area contributed by atoms with Crippen LogP contribution in [0.3, 0.4) is 0 Å². The summed E-state index contributed by atoms with van der Waals surface area (Å²) in [6.45, 7) is 0. The number of aryl methyl sites for hydroxylation is 2. The predicted molar refractivity (Wildman–Crippen MR) is 94.9 cm³/mol. The van der Waals surface area contributed by atoms with Crippen LogP contribution in [-0.4, -0.2) is 5.91 Å². The minimum Gasteiger partial charge on any atom is -0.464 e. The van der Waals surface area contributed by atoms with Gasteiger partial charge in [0.05, 0.1) is 12.7 Å². The Hall–Kier alpha value is -2.99. The zero-order chi connectivity index (χ0) is 16.5. The summed E-state index contributed by atoms with van der Waals surface area (Å²) in [5.74, 6) is 2.49. The van der Waals surface area contributed by atoms with E-state index in [4.69, 9.17) is 10.8 Å². The van der Waals surface area contributed by atoms with Gasteiger partial charge < -0.3 is 9.73 Å². The van der Waals surface area contributed by atoms with Crippen LogP contribution in [-0.2, 0) is 24.1 Å². The largest absolute Gasteiger partial charge is 0.464 e. The number of anilines is 1.